The summed E-state index contributed by atoms with van der Waals surface area (Å²) in [4.78, 5) is 13.8. The molecular weight excluding hydrogens is 454 g/mol. The molecular formula is C24H30F2N8O. The zero-order valence-corrected chi connectivity index (χ0v) is 20.3. The number of alkyl halides is 2. The van der Waals surface area contributed by atoms with Crippen LogP contribution in [0.2, 0.25) is 0 Å². The molecule has 1 aliphatic rings. The van der Waals surface area contributed by atoms with Gasteiger partial charge in [0.2, 0.25) is 5.95 Å². The molecule has 1 aliphatic carbocycles. The van der Waals surface area contributed by atoms with Crippen LogP contribution in [0, 0.1) is 6.92 Å². The van der Waals surface area contributed by atoms with Crippen molar-refractivity contribution in [2.24, 2.45) is 0 Å². The fourth-order valence-electron chi connectivity index (χ4n) is 4.85. The number of imidazole rings is 1. The van der Waals surface area contributed by atoms with Gasteiger partial charge in [0, 0.05) is 32.0 Å². The number of ether oxygens (including phenoxy) is 1. The molecule has 4 aromatic heterocycles. The van der Waals surface area contributed by atoms with E-state index in [-0.39, 0.29) is 11.6 Å². The maximum absolute atomic E-state index is 13.1. The van der Waals surface area contributed by atoms with Gasteiger partial charge < -0.3 is 19.9 Å². The number of halogens is 2. The molecule has 1 fully saturated rings. The van der Waals surface area contributed by atoms with E-state index in [1.807, 2.05) is 31.4 Å². The zero-order chi connectivity index (χ0) is 24.7. The van der Waals surface area contributed by atoms with Gasteiger partial charge in [-0.1, -0.05) is 0 Å². The number of hydrogen-bond acceptors (Lipinski definition) is 7. The lowest BCUT2D eigenvalue weighted by Crippen LogP contribution is -2.37. The third-order valence-corrected chi connectivity index (χ3v) is 7.00. The van der Waals surface area contributed by atoms with E-state index in [1.54, 1.807) is 18.5 Å². The van der Waals surface area contributed by atoms with Crippen LogP contribution in [0.15, 0.2) is 24.4 Å². The molecule has 4 aromatic rings. The van der Waals surface area contributed by atoms with E-state index < -0.39 is 13.0 Å². The smallest absolute Gasteiger partial charge is 0.256 e. The summed E-state index contributed by atoms with van der Waals surface area (Å²) in [5.74, 6) is 1.71. The van der Waals surface area contributed by atoms with Crippen molar-refractivity contribution in [3.8, 4) is 11.3 Å². The number of rotatable bonds is 7. The molecule has 9 nitrogen and oxygen atoms in total. The second-order valence-electron chi connectivity index (χ2n) is 9.33. The maximum atomic E-state index is 13.1. The second-order valence-corrected chi connectivity index (χ2v) is 9.33. The molecule has 0 unspecified atom stereocenters. The van der Waals surface area contributed by atoms with Crippen LogP contribution in [0.4, 0.5) is 20.5 Å². The third kappa shape index (κ3) is 4.40. The largest absolute Gasteiger partial charge is 0.379 e. The van der Waals surface area contributed by atoms with Crippen molar-refractivity contribution in [2.75, 3.05) is 24.8 Å². The Kier molecular flexibility index (Phi) is 6.04. The predicted octanol–water partition coefficient (Wildman–Crippen LogP) is 4.52. The Morgan fingerprint density at radius 1 is 1.17 bits per heavy atom. The molecule has 0 amide bonds. The van der Waals surface area contributed by atoms with E-state index in [0.717, 1.165) is 36.8 Å². The number of nitrogens with zero attached hydrogens (tertiary/aromatic N) is 6. The Hall–Kier alpha value is -3.34. The first-order valence-electron chi connectivity index (χ1n) is 11.8. The first-order chi connectivity index (χ1) is 16.8. The van der Waals surface area contributed by atoms with Gasteiger partial charge in [-0.15, -0.1) is 5.10 Å². The van der Waals surface area contributed by atoms with Crippen molar-refractivity contribution >= 4 is 28.4 Å². The molecule has 1 saturated carbocycles. The van der Waals surface area contributed by atoms with Crippen molar-refractivity contribution in [1.29, 1.82) is 0 Å². The molecule has 5 rings (SSSR count). The quantitative estimate of drug-likeness (QED) is 0.398. The first-order valence-corrected chi connectivity index (χ1v) is 11.8. The minimum absolute atomic E-state index is 0.0637. The minimum Gasteiger partial charge on any atom is -0.379 e. The highest BCUT2D eigenvalue weighted by Crippen LogP contribution is 2.33. The van der Waals surface area contributed by atoms with E-state index in [4.69, 9.17) is 14.7 Å². The van der Waals surface area contributed by atoms with E-state index in [1.165, 1.54) is 4.57 Å². The number of anilines is 2. The standard InChI is InChI=1S/C24H30F2N8O/c1-14-28-18-6-5-17(30-22(18)33(14)13-19(25)26)16-9-12-34-20(16)21(27-3)31-23(32-34)29-15-7-10-24(2,35-4)11-8-15/h5-6,9,12,15,19H,7-8,10-11,13H2,1-4H3,(H2,27,29,31,32). The maximum Gasteiger partial charge on any atom is 0.256 e. The second kappa shape index (κ2) is 9.03. The van der Waals surface area contributed by atoms with Gasteiger partial charge in [0.25, 0.3) is 6.43 Å². The van der Waals surface area contributed by atoms with Crippen LogP contribution in [-0.4, -0.2) is 61.4 Å². The molecule has 2 N–H and O–H groups in total. The van der Waals surface area contributed by atoms with E-state index in [9.17, 15) is 8.78 Å². The molecule has 4 heterocycles. The predicted molar refractivity (Wildman–Crippen MR) is 131 cm³/mol. The molecule has 0 aromatic carbocycles. The summed E-state index contributed by atoms with van der Waals surface area (Å²) in [6.45, 7) is 3.42. The monoisotopic (exact) mass is 484 g/mol. The average Bonchev–Trinajstić information content (AvgIpc) is 3.40. The normalized spacial score (nSPS) is 20.7. The Morgan fingerprint density at radius 3 is 2.63 bits per heavy atom. The average molecular weight is 485 g/mol. The van der Waals surface area contributed by atoms with Crippen molar-refractivity contribution < 1.29 is 13.5 Å². The van der Waals surface area contributed by atoms with Crippen LogP contribution in [0.25, 0.3) is 27.9 Å². The number of pyridine rings is 1. The first kappa shape index (κ1) is 23.4. The summed E-state index contributed by atoms with van der Waals surface area (Å²) in [6.07, 6.45) is 3.28. The lowest BCUT2D eigenvalue weighted by molar-refractivity contribution is -0.0253. The van der Waals surface area contributed by atoms with Gasteiger partial charge in [0.15, 0.2) is 11.5 Å². The van der Waals surface area contributed by atoms with Crippen LogP contribution in [0.3, 0.4) is 0 Å². The SMILES string of the molecule is CNc1nc(NC2CCC(C)(OC)CC2)nn2ccc(-c3ccc4nc(C)n(CC(F)F)c4n3)c12. The molecule has 186 valence electrons. The highest BCUT2D eigenvalue weighted by atomic mass is 19.3. The number of aromatic nitrogens is 6. The summed E-state index contributed by atoms with van der Waals surface area (Å²) in [5, 5.41) is 11.3. The van der Waals surface area contributed by atoms with Gasteiger partial charge in [-0.3, -0.25) is 0 Å². The van der Waals surface area contributed by atoms with Gasteiger partial charge >= 0.3 is 0 Å². The van der Waals surface area contributed by atoms with Gasteiger partial charge in [-0.25, -0.2) is 23.3 Å². The number of methoxy groups -OCH3 is 1. The summed E-state index contributed by atoms with van der Waals surface area (Å²) in [6, 6.07) is 5.84. The molecule has 11 heteroatoms. The zero-order valence-electron chi connectivity index (χ0n) is 20.3. The van der Waals surface area contributed by atoms with Crippen molar-refractivity contribution in [2.45, 2.75) is 64.1 Å². The number of fused-ring (bicyclic) bond motifs is 2. The lowest BCUT2D eigenvalue weighted by Gasteiger charge is -2.36. The van der Waals surface area contributed by atoms with Crippen LogP contribution in [0.5, 0.6) is 0 Å². The van der Waals surface area contributed by atoms with Crippen LogP contribution in [-0.2, 0) is 11.3 Å². The Bertz CT molecular complexity index is 1360. The number of nitrogens with one attached hydrogen (secondary N) is 2. The Morgan fingerprint density at radius 2 is 1.94 bits per heavy atom. The van der Waals surface area contributed by atoms with Gasteiger partial charge in [-0.2, -0.15) is 4.98 Å². The highest BCUT2D eigenvalue weighted by molar-refractivity contribution is 5.89. The summed E-state index contributed by atoms with van der Waals surface area (Å²) in [7, 11) is 3.58. The summed E-state index contributed by atoms with van der Waals surface area (Å²) >= 11 is 0. The van der Waals surface area contributed by atoms with E-state index >= 15 is 0 Å². The van der Waals surface area contributed by atoms with Crippen molar-refractivity contribution in [1.82, 2.24) is 29.1 Å². The Labute approximate surface area is 201 Å². The fourth-order valence-corrected chi connectivity index (χ4v) is 4.85. The minimum atomic E-state index is -2.49. The molecule has 0 aliphatic heterocycles. The molecule has 0 bridgehead atoms. The lowest BCUT2D eigenvalue weighted by atomic mass is 9.83. The molecule has 0 spiro atoms. The topological polar surface area (TPSA) is 94.2 Å². The van der Waals surface area contributed by atoms with Gasteiger partial charge in [-0.05, 0) is 57.7 Å². The van der Waals surface area contributed by atoms with Crippen LogP contribution < -0.4 is 10.6 Å². The van der Waals surface area contributed by atoms with Gasteiger partial charge in [0.1, 0.15) is 16.9 Å². The third-order valence-electron chi connectivity index (χ3n) is 7.00. The van der Waals surface area contributed by atoms with Crippen LogP contribution >= 0.6 is 0 Å². The van der Waals surface area contributed by atoms with E-state index in [2.05, 4.69) is 27.6 Å². The number of aryl methyl sites for hydroxylation is 1. The van der Waals surface area contributed by atoms with E-state index in [0.29, 0.717) is 34.4 Å². The summed E-state index contributed by atoms with van der Waals surface area (Å²) in [5.41, 5.74) is 3.17. The van der Waals surface area contributed by atoms with Crippen LogP contribution in [0.1, 0.15) is 38.4 Å². The molecule has 0 atom stereocenters. The number of hydrogen-bond donors (Lipinski definition) is 2. The molecule has 0 radical (unpaired) electrons. The summed E-state index contributed by atoms with van der Waals surface area (Å²) < 4.78 is 35.1. The highest BCUT2D eigenvalue weighted by Gasteiger charge is 2.31. The van der Waals surface area contributed by atoms with Gasteiger partial charge in [0.05, 0.1) is 17.8 Å². The van der Waals surface area contributed by atoms with Crippen molar-refractivity contribution in [3.63, 3.8) is 0 Å². The molecule has 35 heavy (non-hydrogen) atoms. The van der Waals surface area contributed by atoms with Crippen molar-refractivity contribution in [3.05, 3.63) is 30.2 Å². The molecule has 0 saturated heterocycles. The Balaban J connectivity index is 1.48. The fraction of sp³-hybridized carbons (Fsp3) is 0.500.